The Bertz CT molecular complexity index is 167. The van der Waals surface area contributed by atoms with Crippen LogP contribution in [0.25, 0.3) is 0 Å². The molecular weight excluding hydrogens is 123 g/mol. The Hall–Kier alpha value is -0.620. The van der Waals surface area contributed by atoms with Crippen LogP contribution in [0, 0.1) is 5.41 Å². The van der Waals surface area contributed by atoms with Gasteiger partial charge >= 0.3 is 10.1 Å². The summed E-state index contributed by atoms with van der Waals surface area (Å²) in [7, 11) is -4.38. The van der Waals surface area contributed by atoms with Gasteiger partial charge in [0.15, 0.2) is 0 Å². The Balaban J connectivity index is 4.43. The zero-order valence-electron chi connectivity index (χ0n) is 3.25. The lowest BCUT2D eigenvalue weighted by molar-refractivity contribution is 0.497. The maximum atomic E-state index is 9.54. The molecule has 0 saturated heterocycles. The highest BCUT2D eigenvalue weighted by Gasteiger charge is 2.05. The van der Waals surface area contributed by atoms with Crippen molar-refractivity contribution >= 4 is 15.3 Å². The van der Waals surface area contributed by atoms with Crippen LogP contribution in [0.3, 0.4) is 0 Å². The van der Waals surface area contributed by atoms with Crippen molar-refractivity contribution in [1.82, 2.24) is 0 Å². The van der Waals surface area contributed by atoms with Gasteiger partial charge in [0, 0.05) is 0 Å². The van der Waals surface area contributed by atoms with Gasteiger partial charge in [-0.25, -0.2) is 0 Å². The van der Waals surface area contributed by atoms with Crippen LogP contribution >= 0.6 is 0 Å². The standard InChI is InChI=1S/CH4N2O3S/c2-1(3)7(4,5)6/h(H3,2,3)(H,4,5,6)/i1+1,2+1,3+1. The molecule has 0 aliphatic rings. The van der Waals surface area contributed by atoms with Gasteiger partial charge in [0.1, 0.15) is 0 Å². The molecule has 0 rings (SSSR count). The van der Waals surface area contributed by atoms with Crippen LogP contribution in [0.2, 0.25) is 0 Å². The van der Waals surface area contributed by atoms with Crippen LogP contribution in [0.4, 0.5) is 0 Å². The fourth-order valence-corrected chi connectivity index (χ4v) is 0. The molecule has 0 aromatic heterocycles. The van der Waals surface area contributed by atoms with E-state index in [-0.39, 0.29) is 0 Å². The van der Waals surface area contributed by atoms with E-state index in [1.165, 1.54) is 0 Å². The summed E-state index contributed by atoms with van der Waals surface area (Å²) in [6.45, 7) is 0. The Labute approximate surface area is 40.4 Å². The first kappa shape index (κ1) is 6.38. The van der Waals surface area contributed by atoms with Gasteiger partial charge in [0.25, 0.3) is 0 Å². The molecule has 0 spiro atoms. The molecule has 0 aliphatic heterocycles. The van der Waals surface area contributed by atoms with Crippen molar-refractivity contribution in [2.75, 3.05) is 0 Å². The minimum atomic E-state index is -4.38. The zero-order valence-corrected chi connectivity index (χ0v) is 4.07. The highest BCUT2D eigenvalue weighted by atomic mass is 32.2. The minimum absolute atomic E-state index is 1.23. The molecule has 0 saturated carbocycles. The Kier molecular flexibility index (Phi) is 1.34. The maximum Gasteiger partial charge on any atom is 0.327 e. The van der Waals surface area contributed by atoms with Crippen molar-refractivity contribution in [3.8, 4) is 0 Å². The molecule has 0 radical (unpaired) electrons. The molecule has 0 bridgehead atoms. The minimum Gasteiger partial charge on any atom is -0.373 e. The zero-order chi connectivity index (χ0) is 6.08. The maximum absolute atomic E-state index is 9.54. The van der Waals surface area contributed by atoms with Gasteiger partial charge in [-0.3, -0.25) is 9.96 Å². The molecule has 0 fully saturated rings. The van der Waals surface area contributed by atoms with E-state index in [1.54, 1.807) is 0 Å². The predicted molar refractivity (Wildman–Crippen MR) is 23.5 cm³/mol. The highest BCUT2D eigenvalue weighted by molar-refractivity contribution is 8.01. The van der Waals surface area contributed by atoms with E-state index in [9.17, 15) is 8.42 Å². The van der Waals surface area contributed by atoms with Gasteiger partial charge in [0.2, 0.25) is 5.17 Å². The molecule has 5 nitrogen and oxygen atoms in total. The van der Waals surface area contributed by atoms with Crippen LogP contribution in [-0.2, 0) is 10.1 Å². The van der Waals surface area contributed by atoms with Crippen molar-refractivity contribution in [1.29, 1.82) is 5.41 Å². The first-order valence-corrected chi connectivity index (χ1v) is 2.70. The smallest absolute Gasteiger partial charge is 0.327 e. The molecule has 0 atom stereocenters. The van der Waals surface area contributed by atoms with Crippen LogP contribution in [0.1, 0.15) is 0 Å². The van der Waals surface area contributed by atoms with Gasteiger partial charge in [-0.1, -0.05) is 0 Å². The summed E-state index contributed by atoms with van der Waals surface area (Å²) in [4.78, 5) is 0. The summed E-state index contributed by atoms with van der Waals surface area (Å²) in [5.41, 5.74) is 4.31. The Morgan fingerprint density at radius 1 is 1.71 bits per heavy atom. The largest absolute Gasteiger partial charge is 0.373 e. The lowest BCUT2D eigenvalue weighted by Gasteiger charge is -1.84. The average molecular weight is 127 g/mol. The van der Waals surface area contributed by atoms with Gasteiger partial charge in [-0.05, 0) is 0 Å². The van der Waals surface area contributed by atoms with Gasteiger partial charge < -0.3 is 5.73 Å². The first-order chi connectivity index (χ1) is 2.94. The Morgan fingerprint density at radius 2 is 1.86 bits per heavy atom. The van der Waals surface area contributed by atoms with E-state index < -0.39 is 15.3 Å². The summed E-state index contributed by atoms with van der Waals surface area (Å²) < 4.78 is 26.8. The average Bonchev–Trinajstić information content (AvgIpc) is 1.31. The van der Waals surface area contributed by atoms with Crippen molar-refractivity contribution in [3.05, 3.63) is 0 Å². The number of hydrogen-bond donors (Lipinski definition) is 3. The van der Waals surface area contributed by atoms with Crippen LogP contribution in [0.5, 0.6) is 0 Å². The third-order valence-electron chi connectivity index (χ3n) is 0.278. The molecule has 0 amide bonds. The summed E-state index contributed by atoms with van der Waals surface area (Å²) in [6.07, 6.45) is 0. The molecule has 4 N–H and O–H groups in total. The van der Waals surface area contributed by atoms with Crippen molar-refractivity contribution in [2.24, 2.45) is 5.73 Å². The molecule has 42 valence electrons. The second-order valence-corrected chi connectivity index (χ2v) is 2.23. The first-order valence-electron chi connectivity index (χ1n) is 1.26. The van der Waals surface area contributed by atoms with E-state index in [4.69, 9.17) is 9.96 Å². The summed E-state index contributed by atoms with van der Waals surface area (Å²) in [5.74, 6) is 0. The van der Waals surface area contributed by atoms with Crippen LogP contribution < -0.4 is 5.73 Å². The molecule has 0 aliphatic carbocycles. The predicted octanol–water partition coefficient (Wildman–Crippen LogP) is -1.23. The van der Waals surface area contributed by atoms with Gasteiger partial charge in [-0.15, -0.1) is 0 Å². The molecule has 0 unspecified atom stereocenters. The second-order valence-electron chi connectivity index (χ2n) is 0.839. The van der Waals surface area contributed by atoms with E-state index in [0.29, 0.717) is 0 Å². The monoisotopic (exact) mass is 127 g/mol. The van der Waals surface area contributed by atoms with Crippen LogP contribution in [-0.4, -0.2) is 18.1 Å². The highest BCUT2D eigenvalue weighted by Crippen LogP contribution is 1.73. The number of nitrogens with one attached hydrogen (secondary N) is 1. The number of rotatable bonds is 0. The normalized spacial score (nSPS) is 11.0. The van der Waals surface area contributed by atoms with E-state index in [2.05, 4.69) is 5.73 Å². The molecule has 0 aromatic rings. The quantitative estimate of drug-likeness (QED) is 0.124. The molecule has 0 aromatic carbocycles. The number of nitrogens with two attached hydrogens (primary N) is 1. The van der Waals surface area contributed by atoms with E-state index in [0.717, 1.165) is 0 Å². The topological polar surface area (TPSA) is 104 Å². The third kappa shape index (κ3) is 2.12. The van der Waals surface area contributed by atoms with Gasteiger partial charge in [0.05, 0.1) is 0 Å². The van der Waals surface area contributed by atoms with E-state index in [1.807, 2.05) is 0 Å². The fourth-order valence-electron chi connectivity index (χ4n) is 0. The van der Waals surface area contributed by atoms with Gasteiger partial charge in [-0.2, -0.15) is 8.42 Å². The summed E-state index contributed by atoms with van der Waals surface area (Å²) in [6, 6.07) is 0. The summed E-state index contributed by atoms with van der Waals surface area (Å²) >= 11 is 0. The lowest BCUT2D eigenvalue weighted by Crippen LogP contribution is -2.21. The molecule has 6 heteroatoms. The third-order valence-corrected chi connectivity index (χ3v) is 0.834. The van der Waals surface area contributed by atoms with Crippen LogP contribution in [0.15, 0.2) is 0 Å². The van der Waals surface area contributed by atoms with Crippen molar-refractivity contribution in [3.63, 3.8) is 0 Å². The van der Waals surface area contributed by atoms with Crippen molar-refractivity contribution in [2.45, 2.75) is 0 Å². The van der Waals surface area contributed by atoms with Crippen molar-refractivity contribution < 1.29 is 13.0 Å². The SMILES string of the molecule is [15NH]=[13C]([15NH2])S(=O)(=O)O. The Morgan fingerprint density at radius 3 is 1.86 bits per heavy atom. The lowest BCUT2D eigenvalue weighted by atomic mass is 12.4. The number of amidine groups is 1. The van der Waals surface area contributed by atoms with E-state index >= 15 is 0 Å². The fraction of sp³-hybridized carbons (Fsp3) is 0. The molecular formula is CH4N2O3S. The molecule has 7 heavy (non-hydrogen) atoms. The summed E-state index contributed by atoms with van der Waals surface area (Å²) in [5, 5.41) is 4.86. The molecule has 0 heterocycles. The second kappa shape index (κ2) is 1.47. The number of hydrogen-bond acceptors (Lipinski definition) is 3.